The number of hydrogen-bond acceptors (Lipinski definition) is 2. The van der Waals surface area contributed by atoms with E-state index >= 15 is 0 Å². The van der Waals surface area contributed by atoms with E-state index in [1.807, 2.05) is 6.20 Å². The molecule has 0 aromatic carbocycles. The number of H-pyrrole nitrogens is 1. The Bertz CT molecular complexity index is 403. The van der Waals surface area contributed by atoms with Gasteiger partial charge in [-0.15, -0.1) is 0 Å². The first-order valence-corrected chi connectivity index (χ1v) is 4.02. The second-order valence-electron chi connectivity index (χ2n) is 2.84. The average Bonchev–Trinajstić information content (AvgIpc) is 2.47. The summed E-state index contributed by atoms with van der Waals surface area (Å²) in [5, 5.41) is 1.02. The lowest BCUT2D eigenvalue weighted by Gasteiger charge is -1.95. The number of aromatic amines is 1. The predicted octanol–water partition coefficient (Wildman–Crippen LogP) is 1.71. The molecule has 0 fully saturated rings. The van der Waals surface area contributed by atoms with Crippen molar-refractivity contribution in [2.75, 3.05) is 5.73 Å². The standard InChI is InChI=1S/C9H11N3/c1-2-6-3-7-8(10)5-12-9(7)11-4-6/h3-5H,2,10H2,1H3,(H,11,12). The van der Waals surface area contributed by atoms with Crippen LogP contribution >= 0.6 is 0 Å². The van der Waals surface area contributed by atoms with E-state index in [1.165, 1.54) is 5.56 Å². The van der Waals surface area contributed by atoms with Gasteiger partial charge >= 0.3 is 0 Å². The average molecular weight is 161 g/mol. The van der Waals surface area contributed by atoms with Crippen molar-refractivity contribution in [2.45, 2.75) is 13.3 Å². The van der Waals surface area contributed by atoms with E-state index in [2.05, 4.69) is 23.0 Å². The number of fused-ring (bicyclic) bond motifs is 1. The first kappa shape index (κ1) is 7.16. The van der Waals surface area contributed by atoms with E-state index in [4.69, 9.17) is 5.73 Å². The fourth-order valence-corrected chi connectivity index (χ4v) is 1.26. The number of nitrogens with one attached hydrogen (secondary N) is 1. The zero-order chi connectivity index (χ0) is 8.55. The largest absolute Gasteiger partial charge is 0.397 e. The van der Waals surface area contributed by atoms with Gasteiger partial charge < -0.3 is 10.7 Å². The van der Waals surface area contributed by atoms with Crippen molar-refractivity contribution >= 4 is 16.7 Å². The van der Waals surface area contributed by atoms with Crippen LogP contribution in [0.15, 0.2) is 18.5 Å². The minimum Gasteiger partial charge on any atom is -0.397 e. The van der Waals surface area contributed by atoms with Gasteiger partial charge in [0.1, 0.15) is 5.65 Å². The summed E-state index contributed by atoms with van der Waals surface area (Å²) in [6.07, 6.45) is 4.64. The first-order valence-electron chi connectivity index (χ1n) is 4.02. The third-order valence-corrected chi connectivity index (χ3v) is 2.03. The van der Waals surface area contributed by atoms with Gasteiger partial charge in [-0.1, -0.05) is 6.92 Å². The van der Waals surface area contributed by atoms with Crippen molar-refractivity contribution in [3.05, 3.63) is 24.0 Å². The zero-order valence-electron chi connectivity index (χ0n) is 6.96. The van der Waals surface area contributed by atoms with E-state index in [0.29, 0.717) is 0 Å². The summed E-state index contributed by atoms with van der Waals surface area (Å²) < 4.78 is 0. The quantitative estimate of drug-likeness (QED) is 0.669. The normalized spacial score (nSPS) is 10.8. The number of nitrogens with two attached hydrogens (primary N) is 1. The Balaban J connectivity index is 2.71. The van der Waals surface area contributed by atoms with Crippen molar-refractivity contribution in [3.8, 4) is 0 Å². The van der Waals surface area contributed by atoms with Gasteiger partial charge in [-0.2, -0.15) is 0 Å². The predicted molar refractivity (Wildman–Crippen MR) is 49.9 cm³/mol. The fourth-order valence-electron chi connectivity index (χ4n) is 1.26. The Morgan fingerprint density at radius 2 is 2.42 bits per heavy atom. The molecule has 3 nitrogen and oxygen atoms in total. The van der Waals surface area contributed by atoms with Crippen LogP contribution in [-0.4, -0.2) is 9.97 Å². The molecule has 62 valence electrons. The van der Waals surface area contributed by atoms with E-state index in [-0.39, 0.29) is 0 Å². The molecule has 0 unspecified atom stereocenters. The molecule has 2 heterocycles. The van der Waals surface area contributed by atoms with Gasteiger partial charge in [0.2, 0.25) is 0 Å². The monoisotopic (exact) mass is 161 g/mol. The first-order chi connectivity index (χ1) is 5.81. The number of hydrogen-bond donors (Lipinski definition) is 2. The van der Waals surface area contributed by atoms with Crippen LogP contribution in [0.4, 0.5) is 5.69 Å². The summed E-state index contributed by atoms with van der Waals surface area (Å²) >= 11 is 0. The molecule has 0 spiro atoms. The summed E-state index contributed by atoms with van der Waals surface area (Å²) in [4.78, 5) is 7.24. The van der Waals surface area contributed by atoms with Gasteiger partial charge in [0, 0.05) is 17.8 Å². The molecule has 0 radical (unpaired) electrons. The van der Waals surface area contributed by atoms with Crippen molar-refractivity contribution in [1.29, 1.82) is 0 Å². The Morgan fingerprint density at radius 1 is 1.58 bits per heavy atom. The van der Waals surface area contributed by atoms with Crippen LogP contribution in [-0.2, 0) is 6.42 Å². The SMILES string of the molecule is CCc1cnc2[nH]cc(N)c2c1. The lowest BCUT2D eigenvalue weighted by atomic mass is 10.2. The van der Waals surface area contributed by atoms with Crippen molar-refractivity contribution < 1.29 is 0 Å². The lowest BCUT2D eigenvalue weighted by Crippen LogP contribution is -1.85. The van der Waals surface area contributed by atoms with Crippen molar-refractivity contribution in [1.82, 2.24) is 9.97 Å². The maximum atomic E-state index is 5.73. The van der Waals surface area contributed by atoms with Crippen LogP contribution in [0.1, 0.15) is 12.5 Å². The molecule has 0 bridgehead atoms. The minimum absolute atomic E-state index is 0.771. The molecule has 0 amide bonds. The number of anilines is 1. The Morgan fingerprint density at radius 3 is 3.17 bits per heavy atom. The molecule has 2 aromatic heterocycles. The van der Waals surface area contributed by atoms with Crippen LogP contribution in [0.5, 0.6) is 0 Å². The maximum absolute atomic E-state index is 5.73. The molecule has 0 saturated carbocycles. The fraction of sp³-hybridized carbons (Fsp3) is 0.222. The number of nitrogen functional groups attached to an aromatic ring is 1. The van der Waals surface area contributed by atoms with Gasteiger partial charge in [-0.3, -0.25) is 0 Å². The highest BCUT2D eigenvalue weighted by atomic mass is 14.9. The van der Waals surface area contributed by atoms with E-state index in [0.717, 1.165) is 23.1 Å². The third-order valence-electron chi connectivity index (χ3n) is 2.03. The van der Waals surface area contributed by atoms with Gasteiger partial charge in [0.15, 0.2) is 0 Å². The smallest absolute Gasteiger partial charge is 0.139 e. The number of pyridine rings is 1. The minimum atomic E-state index is 0.771. The van der Waals surface area contributed by atoms with Gasteiger partial charge in [0.25, 0.3) is 0 Å². The van der Waals surface area contributed by atoms with Crippen molar-refractivity contribution in [2.24, 2.45) is 0 Å². The highest BCUT2D eigenvalue weighted by Crippen LogP contribution is 2.19. The Kier molecular flexibility index (Phi) is 1.50. The highest BCUT2D eigenvalue weighted by molar-refractivity contribution is 5.88. The van der Waals surface area contributed by atoms with E-state index < -0.39 is 0 Å². The third kappa shape index (κ3) is 0.942. The molecule has 0 atom stereocenters. The van der Waals surface area contributed by atoms with Crippen LogP contribution in [0.25, 0.3) is 11.0 Å². The Hall–Kier alpha value is -1.51. The zero-order valence-corrected chi connectivity index (χ0v) is 6.96. The Labute approximate surface area is 70.6 Å². The number of aromatic nitrogens is 2. The maximum Gasteiger partial charge on any atom is 0.139 e. The summed E-state index contributed by atoms with van der Waals surface area (Å²) in [6.45, 7) is 2.10. The summed E-state index contributed by atoms with van der Waals surface area (Å²) in [5.74, 6) is 0. The molecule has 12 heavy (non-hydrogen) atoms. The second-order valence-corrected chi connectivity index (χ2v) is 2.84. The molecule has 0 aliphatic heterocycles. The summed E-state index contributed by atoms with van der Waals surface area (Å²) in [6, 6.07) is 2.08. The van der Waals surface area contributed by atoms with Gasteiger partial charge in [-0.05, 0) is 18.1 Å². The topological polar surface area (TPSA) is 54.7 Å². The summed E-state index contributed by atoms with van der Waals surface area (Å²) in [7, 11) is 0. The molecular formula is C9H11N3. The highest BCUT2D eigenvalue weighted by Gasteiger charge is 2.00. The lowest BCUT2D eigenvalue weighted by molar-refractivity contribution is 1.12. The number of aryl methyl sites for hydroxylation is 1. The molecule has 2 rings (SSSR count). The van der Waals surface area contributed by atoms with Crippen LogP contribution in [0.2, 0.25) is 0 Å². The molecular weight excluding hydrogens is 150 g/mol. The molecule has 0 aliphatic carbocycles. The molecule has 2 aromatic rings. The number of rotatable bonds is 1. The molecule has 3 N–H and O–H groups in total. The van der Waals surface area contributed by atoms with Crippen LogP contribution in [0, 0.1) is 0 Å². The second kappa shape index (κ2) is 2.52. The van der Waals surface area contributed by atoms with Crippen LogP contribution < -0.4 is 5.73 Å². The van der Waals surface area contributed by atoms with Crippen LogP contribution in [0.3, 0.4) is 0 Å². The molecule has 3 heteroatoms. The molecule has 0 aliphatic rings. The van der Waals surface area contributed by atoms with E-state index in [1.54, 1.807) is 6.20 Å². The van der Waals surface area contributed by atoms with E-state index in [9.17, 15) is 0 Å². The molecule has 0 saturated heterocycles. The van der Waals surface area contributed by atoms with Gasteiger partial charge in [-0.25, -0.2) is 4.98 Å². The number of nitrogens with zero attached hydrogens (tertiary/aromatic N) is 1. The summed E-state index contributed by atoms with van der Waals surface area (Å²) in [5.41, 5.74) is 8.58. The van der Waals surface area contributed by atoms with Crippen molar-refractivity contribution in [3.63, 3.8) is 0 Å². The van der Waals surface area contributed by atoms with Gasteiger partial charge in [0.05, 0.1) is 5.69 Å².